The van der Waals surface area contributed by atoms with E-state index in [-0.39, 0.29) is 24.5 Å². The molecule has 3 aliphatic rings. The van der Waals surface area contributed by atoms with Crippen molar-refractivity contribution >= 4 is 44.4 Å². The van der Waals surface area contributed by atoms with Crippen molar-refractivity contribution in [2.24, 2.45) is 17.8 Å². The van der Waals surface area contributed by atoms with Gasteiger partial charge in [0.1, 0.15) is 0 Å². The predicted octanol–water partition coefficient (Wildman–Crippen LogP) is 1.26. The van der Waals surface area contributed by atoms with E-state index in [9.17, 15) is 14.3 Å². The number of aromatic nitrogens is 4. The molecule has 4 heterocycles. The zero-order chi connectivity index (χ0) is 24.1. The van der Waals surface area contributed by atoms with Crippen LogP contribution in [0.1, 0.15) is 31.4 Å². The molecule has 4 aromatic heterocycles. The van der Waals surface area contributed by atoms with E-state index in [1.54, 1.807) is 0 Å². The van der Waals surface area contributed by atoms with E-state index in [0.717, 1.165) is 42.1 Å². The van der Waals surface area contributed by atoms with E-state index in [0.29, 0.717) is 45.8 Å². The van der Waals surface area contributed by atoms with Crippen molar-refractivity contribution in [3.8, 4) is 11.4 Å². The van der Waals surface area contributed by atoms with Crippen LogP contribution in [0, 0.1) is 23.6 Å². The Morgan fingerprint density at radius 1 is 1.29 bits per heavy atom. The van der Waals surface area contributed by atoms with Crippen LogP contribution in [0.4, 0.5) is 10.2 Å². The molecular formula is C24H24FIN5O3S-. The van der Waals surface area contributed by atoms with E-state index in [4.69, 9.17) is 13.0 Å². The number of carbonyl (C=O) groups excluding carboxylic acids is 1. The molecular weight excluding hydrogens is 584 g/mol. The molecule has 0 amide bonds. The molecule has 4 aromatic rings. The number of alkyl halides is 1. The Morgan fingerprint density at radius 2 is 2.09 bits per heavy atom. The number of aromatic amines is 1. The van der Waals surface area contributed by atoms with Gasteiger partial charge in [0, 0.05) is 0 Å². The minimum atomic E-state index is -0.592. The summed E-state index contributed by atoms with van der Waals surface area (Å²) in [6.45, 7) is -0.289. The Labute approximate surface area is 215 Å². The predicted molar refractivity (Wildman–Crippen MR) is 127 cm³/mol. The number of H-pyrrole nitrogens is 1. The van der Waals surface area contributed by atoms with Crippen molar-refractivity contribution < 1.29 is 39.0 Å². The van der Waals surface area contributed by atoms with Crippen molar-refractivity contribution in [3.63, 3.8) is 0 Å². The quantitative estimate of drug-likeness (QED) is 0.223. The van der Waals surface area contributed by atoms with Crippen LogP contribution < -0.4 is 26.9 Å². The summed E-state index contributed by atoms with van der Waals surface area (Å²) in [7, 11) is 0. The number of hydrogen-bond acceptors (Lipinski definition) is 8. The second kappa shape index (κ2) is 9.25. The Morgan fingerprint density at radius 3 is 2.86 bits per heavy atom. The number of aliphatic hydroxyl groups excluding tert-OH is 1. The third-order valence-electron chi connectivity index (χ3n) is 7.35. The standard InChI is InChI=1S/C24H24FIN5O3S/c1-26-34-24(33)17-11-2-4-12(5-3-11)19(17)29-21-14-6-7-35-23(14)31-22(30-21)18-15-8-13(25)9-27-20(15)28-16(18)10-32/h6-9,11-12,17,19,32H,2-5,10H2,1H3,(H,27,28)(H,29,30,31)/q-1/t11?,12?,17-,19-/m0/s1. The average molecular weight is 608 g/mol. The second-order valence-electron chi connectivity index (χ2n) is 9.14. The molecule has 2 bridgehead atoms. The van der Waals surface area contributed by atoms with Gasteiger partial charge in [0.15, 0.2) is 0 Å². The number of fused-ring (bicyclic) bond motifs is 5. The number of thiophene rings is 1. The van der Waals surface area contributed by atoms with Gasteiger partial charge >= 0.3 is 206 Å². The van der Waals surface area contributed by atoms with Crippen molar-refractivity contribution in [1.29, 1.82) is 0 Å². The van der Waals surface area contributed by atoms with Gasteiger partial charge in [-0.05, 0) is 0 Å². The van der Waals surface area contributed by atoms with Gasteiger partial charge in [-0.15, -0.1) is 0 Å². The normalized spacial score (nSPS) is 23.9. The molecule has 3 aliphatic carbocycles. The number of halogens is 2. The first-order chi connectivity index (χ1) is 17.1. The summed E-state index contributed by atoms with van der Waals surface area (Å²) < 4.78 is 19.6. The van der Waals surface area contributed by atoms with Crippen LogP contribution in [0.5, 0.6) is 0 Å². The van der Waals surface area contributed by atoms with Crippen molar-refractivity contribution in [2.75, 3.05) is 10.2 Å². The molecule has 184 valence electrons. The molecule has 0 radical (unpaired) electrons. The Balaban J connectivity index is 1.46. The fourth-order valence-electron chi connectivity index (χ4n) is 5.83. The molecule has 0 aliphatic heterocycles. The molecule has 0 aromatic carbocycles. The first kappa shape index (κ1) is 23.0. The Hall–Kier alpha value is -2.38. The summed E-state index contributed by atoms with van der Waals surface area (Å²) in [6, 6.07) is 3.29. The first-order valence-corrected chi connectivity index (χ1v) is 15.5. The SMILES string of the molecule is C[I-]OC(=O)[C@H]1C2CCC(CC2)[C@@H]1Nc1nc(-c2c(CO)[nH]c3ncc(F)cc23)nc2sccc12. The molecule has 0 unspecified atom stereocenters. The number of rotatable bonds is 6. The number of pyridine rings is 1. The molecule has 7 rings (SSSR count). The van der Waals surface area contributed by atoms with E-state index in [1.807, 2.05) is 16.4 Å². The van der Waals surface area contributed by atoms with Crippen molar-refractivity contribution in [3.05, 3.63) is 35.2 Å². The van der Waals surface area contributed by atoms with Gasteiger partial charge < -0.3 is 0 Å². The maximum absolute atomic E-state index is 14.1. The van der Waals surface area contributed by atoms with Crippen molar-refractivity contribution in [1.82, 2.24) is 19.9 Å². The van der Waals surface area contributed by atoms with Crippen LogP contribution in [0.2, 0.25) is 0 Å². The summed E-state index contributed by atoms with van der Waals surface area (Å²) in [4.78, 5) is 32.5. The first-order valence-electron chi connectivity index (χ1n) is 11.6. The fourth-order valence-corrected chi connectivity index (χ4v) is 7.32. The van der Waals surface area contributed by atoms with Gasteiger partial charge in [-0.2, -0.15) is 0 Å². The molecule has 3 N–H and O–H groups in total. The van der Waals surface area contributed by atoms with Gasteiger partial charge in [-0.3, -0.25) is 0 Å². The topological polar surface area (TPSA) is 113 Å². The zero-order valence-corrected chi connectivity index (χ0v) is 21.9. The second-order valence-corrected chi connectivity index (χ2v) is 11.4. The van der Waals surface area contributed by atoms with Crippen LogP contribution in [0.25, 0.3) is 32.6 Å². The molecule has 0 spiro atoms. The van der Waals surface area contributed by atoms with Crippen LogP contribution in [0.3, 0.4) is 0 Å². The van der Waals surface area contributed by atoms with Gasteiger partial charge in [-0.25, -0.2) is 4.39 Å². The van der Waals surface area contributed by atoms with E-state index >= 15 is 0 Å². The van der Waals surface area contributed by atoms with Gasteiger partial charge in [0.2, 0.25) is 0 Å². The summed E-state index contributed by atoms with van der Waals surface area (Å²) in [5, 5.41) is 17.0. The minimum absolute atomic E-state index is 0.0594. The number of aliphatic hydroxyl groups is 1. The number of nitrogens with one attached hydrogen (secondary N) is 2. The Kier molecular flexibility index (Phi) is 6.09. The van der Waals surface area contributed by atoms with E-state index < -0.39 is 27.4 Å². The summed E-state index contributed by atoms with van der Waals surface area (Å²) >= 11 is 0.894. The molecule has 11 heteroatoms. The van der Waals surface area contributed by atoms with E-state index in [1.165, 1.54) is 17.4 Å². The van der Waals surface area contributed by atoms with Crippen LogP contribution in [-0.4, -0.2) is 42.0 Å². The third-order valence-corrected chi connectivity index (χ3v) is 9.03. The molecule has 0 saturated heterocycles. The number of nitrogens with zero attached hydrogens (tertiary/aromatic N) is 3. The summed E-state index contributed by atoms with van der Waals surface area (Å²) in [5.74, 6) is 0.969. The van der Waals surface area contributed by atoms with Crippen LogP contribution in [-0.2, 0) is 14.5 Å². The van der Waals surface area contributed by atoms with E-state index in [2.05, 4.69) is 15.3 Å². The Bertz CT molecular complexity index is 1420. The van der Waals surface area contributed by atoms with Crippen LogP contribution in [0.15, 0.2) is 23.7 Å². The third kappa shape index (κ3) is 3.97. The summed E-state index contributed by atoms with van der Waals surface area (Å²) in [5.41, 5.74) is 1.47. The summed E-state index contributed by atoms with van der Waals surface area (Å²) in [6.07, 6.45) is 5.42. The van der Waals surface area contributed by atoms with Gasteiger partial charge in [-0.1, -0.05) is 0 Å². The number of anilines is 1. The molecule has 3 fully saturated rings. The molecule has 3 saturated carbocycles. The number of carbonyl (C=O) groups is 1. The van der Waals surface area contributed by atoms with Gasteiger partial charge in [0.05, 0.1) is 6.20 Å². The molecule has 2 atom stereocenters. The maximum atomic E-state index is 14.1. The monoisotopic (exact) mass is 608 g/mol. The average Bonchev–Trinajstić information content (AvgIpc) is 3.49. The zero-order valence-electron chi connectivity index (χ0n) is 18.9. The molecule has 35 heavy (non-hydrogen) atoms. The van der Waals surface area contributed by atoms with Crippen molar-refractivity contribution in [2.45, 2.75) is 38.3 Å². The number of hydrogen-bond donors (Lipinski definition) is 3. The fraction of sp³-hybridized carbons (Fsp3) is 0.417. The molecule has 8 nitrogen and oxygen atoms in total. The van der Waals surface area contributed by atoms with Crippen LogP contribution >= 0.6 is 11.3 Å². The van der Waals surface area contributed by atoms with Gasteiger partial charge in [0.25, 0.3) is 0 Å².